The standard InChI is InChI=1S/C24H30N2O2/c1-20-19-22(10-12-23(20)28-2)11-13-24(27)26-17-15-25(16-18-26)14-6-9-21-7-4-3-5-8-21/h3-10,12,19H,11,13-18H2,1-2H3/b9-6+. The number of nitrogens with zero attached hydrogens (tertiary/aromatic N) is 2. The van der Waals surface area contributed by atoms with Crippen LogP contribution < -0.4 is 4.74 Å². The predicted octanol–water partition coefficient (Wildman–Crippen LogP) is 3.79. The number of amides is 1. The second-order valence-electron chi connectivity index (χ2n) is 7.30. The van der Waals surface area contributed by atoms with Gasteiger partial charge in [0.25, 0.3) is 0 Å². The Labute approximate surface area is 168 Å². The summed E-state index contributed by atoms with van der Waals surface area (Å²) in [6.45, 7) is 6.48. The zero-order chi connectivity index (χ0) is 19.8. The van der Waals surface area contributed by atoms with E-state index in [1.54, 1.807) is 7.11 Å². The van der Waals surface area contributed by atoms with Gasteiger partial charge in [0.2, 0.25) is 5.91 Å². The Morgan fingerprint density at radius 1 is 1.07 bits per heavy atom. The van der Waals surface area contributed by atoms with Crippen LogP contribution in [0, 0.1) is 6.92 Å². The molecule has 4 heteroatoms. The van der Waals surface area contributed by atoms with Gasteiger partial charge < -0.3 is 9.64 Å². The number of hydrogen-bond acceptors (Lipinski definition) is 3. The minimum absolute atomic E-state index is 0.257. The van der Waals surface area contributed by atoms with Crippen LogP contribution in [0.2, 0.25) is 0 Å². The first kappa shape index (κ1) is 20.2. The highest BCUT2D eigenvalue weighted by atomic mass is 16.5. The molecule has 1 amide bonds. The van der Waals surface area contributed by atoms with Crippen LogP contribution in [0.3, 0.4) is 0 Å². The summed E-state index contributed by atoms with van der Waals surface area (Å²) < 4.78 is 5.30. The highest BCUT2D eigenvalue weighted by molar-refractivity contribution is 5.76. The molecular formula is C24H30N2O2. The van der Waals surface area contributed by atoms with Gasteiger partial charge in [0.05, 0.1) is 7.11 Å². The zero-order valence-corrected chi connectivity index (χ0v) is 16.9. The molecule has 1 saturated heterocycles. The van der Waals surface area contributed by atoms with Gasteiger partial charge in [-0.15, -0.1) is 0 Å². The molecule has 0 radical (unpaired) electrons. The summed E-state index contributed by atoms with van der Waals surface area (Å²) in [4.78, 5) is 17.0. The summed E-state index contributed by atoms with van der Waals surface area (Å²) in [6, 6.07) is 16.5. The second-order valence-corrected chi connectivity index (χ2v) is 7.30. The molecule has 0 aliphatic carbocycles. The van der Waals surface area contributed by atoms with Crippen molar-refractivity contribution in [2.45, 2.75) is 19.8 Å². The molecule has 0 spiro atoms. The molecule has 1 aliphatic rings. The average Bonchev–Trinajstić information content (AvgIpc) is 2.73. The molecule has 2 aromatic carbocycles. The van der Waals surface area contributed by atoms with Crippen molar-refractivity contribution in [2.75, 3.05) is 39.8 Å². The molecule has 1 aliphatic heterocycles. The van der Waals surface area contributed by atoms with Gasteiger partial charge >= 0.3 is 0 Å². The molecule has 0 saturated carbocycles. The van der Waals surface area contributed by atoms with Crippen molar-refractivity contribution in [3.8, 4) is 5.75 Å². The van der Waals surface area contributed by atoms with Crippen LogP contribution in [-0.2, 0) is 11.2 Å². The van der Waals surface area contributed by atoms with E-state index in [1.807, 2.05) is 24.0 Å². The maximum Gasteiger partial charge on any atom is 0.222 e. The smallest absolute Gasteiger partial charge is 0.222 e. The zero-order valence-electron chi connectivity index (χ0n) is 16.9. The largest absolute Gasteiger partial charge is 0.496 e. The minimum Gasteiger partial charge on any atom is -0.496 e. The normalized spacial score (nSPS) is 15.1. The van der Waals surface area contributed by atoms with Gasteiger partial charge in [-0.3, -0.25) is 9.69 Å². The summed E-state index contributed by atoms with van der Waals surface area (Å²) in [5.74, 6) is 1.15. The molecule has 148 valence electrons. The van der Waals surface area contributed by atoms with Gasteiger partial charge in [-0.1, -0.05) is 54.6 Å². The Morgan fingerprint density at radius 3 is 2.50 bits per heavy atom. The predicted molar refractivity (Wildman–Crippen MR) is 115 cm³/mol. The Kier molecular flexibility index (Phi) is 7.26. The summed E-state index contributed by atoms with van der Waals surface area (Å²) in [6.07, 6.45) is 5.72. The molecule has 28 heavy (non-hydrogen) atoms. The monoisotopic (exact) mass is 378 g/mol. The number of piperazine rings is 1. The van der Waals surface area contributed by atoms with Crippen LogP contribution in [0.25, 0.3) is 6.08 Å². The van der Waals surface area contributed by atoms with Gasteiger partial charge in [0.1, 0.15) is 5.75 Å². The van der Waals surface area contributed by atoms with Crippen LogP contribution in [0.1, 0.15) is 23.1 Å². The summed E-state index contributed by atoms with van der Waals surface area (Å²) in [5, 5.41) is 0. The number of aryl methyl sites for hydroxylation is 2. The van der Waals surface area contributed by atoms with Gasteiger partial charge in [-0.2, -0.15) is 0 Å². The Morgan fingerprint density at radius 2 is 1.82 bits per heavy atom. The number of methoxy groups -OCH3 is 1. The number of benzene rings is 2. The van der Waals surface area contributed by atoms with E-state index in [-0.39, 0.29) is 5.91 Å². The molecule has 2 aromatic rings. The first-order valence-electron chi connectivity index (χ1n) is 10.0. The van der Waals surface area contributed by atoms with Gasteiger partial charge in [-0.05, 0) is 36.1 Å². The lowest BCUT2D eigenvalue weighted by Crippen LogP contribution is -2.48. The third-order valence-corrected chi connectivity index (χ3v) is 5.29. The quantitative estimate of drug-likeness (QED) is 0.735. The Bertz CT molecular complexity index is 794. The maximum atomic E-state index is 12.6. The van der Waals surface area contributed by atoms with Crippen LogP contribution in [-0.4, -0.2) is 55.5 Å². The fourth-order valence-electron chi connectivity index (χ4n) is 3.59. The topological polar surface area (TPSA) is 32.8 Å². The van der Waals surface area contributed by atoms with E-state index in [0.717, 1.165) is 50.5 Å². The van der Waals surface area contributed by atoms with Crippen LogP contribution >= 0.6 is 0 Å². The highest BCUT2D eigenvalue weighted by Gasteiger charge is 2.20. The van der Waals surface area contributed by atoms with Crippen molar-refractivity contribution in [1.29, 1.82) is 0 Å². The molecule has 0 unspecified atom stereocenters. The van der Waals surface area contributed by atoms with E-state index >= 15 is 0 Å². The van der Waals surface area contributed by atoms with Gasteiger partial charge in [-0.25, -0.2) is 0 Å². The van der Waals surface area contributed by atoms with Crippen LogP contribution in [0.4, 0.5) is 0 Å². The van der Waals surface area contributed by atoms with E-state index in [2.05, 4.69) is 53.5 Å². The molecule has 0 N–H and O–H groups in total. The van der Waals surface area contributed by atoms with Crippen molar-refractivity contribution < 1.29 is 9.53 Å². The SMILES string of the molecule is COc1ccc(CCC(=O)N2CCN(C/C=C/c3ccccc3)CC2)cc1C. The molecule has 0 bridgehead atoms. The Balaban J connectivity index is 1.40. The van der Waals surface area contributed by atoms with E-state index in [0.29, 0.717) is 6.42 Å². The molecular weight excluding hydrogens is 348 g/mol. The second kappa shape index (κ2) is 10.1. The lowest BCUT2D eigenvalue weighted by molar-refractivity contribution is -0.132. The number of carbonyl (C=O) groups excluding carboxylic acids is 1. The summed E-state index contributed by atoms with van der Waals surface area (Å²) in [7, 11) is 1.68. The fourth-order valence-corrected chi connectivity index (χ4v) is 3.59. The fraction of sp³-hybridized carbons (Fsp3) is 0.375. The van der Waals surface area contributed by atoms with E-state index in [4.69, 9.17) is 4.74 Å². The van der Waals surface area contributed by atoms with E-state index < -0.39 is 0 Å². The number of rotatable bonds is 7. The summed E-state index contributed by atoms with van der Waals surface area (Å²) >= 11 is 0. The van der Waals surface area contributed by atoms with Gasteiger partial charge in [0.15, 0.2) is 0 Å². The Hall–Kier alpha value is -2.59. The first-order chi connectivity index (χ1) is 13.7. The molecule has 1 heterocycles. The highest BCUT2D eigenvalue weighted by Crippen LogP contribution is 2.19. The number of carbonyl (C=O) groups is 1. The van der Waals surface area contributed by atoms with Crippen LogP contribution in [0.5, 0.6) is 5.75 Å². The van der Waals surface area contributed by atoms with E-state index in [9.17, 15) is 4.79 Å². The number of hydrogen-bond donors (Lipinski definition) is 0. The van der Waals surface area contributed by atoms with Crippen LogP contribution in [0.15, 0.2) is 54.6 Å². The number of ether oxygens (including phenoxy) is 1. The molecule has 0 aromatic heterocycles. The van der Waals surface area contributed by atoms with Gasteiger partial charge in [0, 0.05) is 39.1 Å². The molecule has 4 nitrogen and oxygen atoms in total. The third kappa shape index (κ3) is 5.70. The lowest BCUT2D eigenvalue weighted by atomic mass is 10.1. The van der Waals surface area contributed by atoms with E-state index in [1.165, 1.54) is 11.1 Å². The third-order valence-electron chi connectivity index (χ3n) is 5.29. The molecule has 1 fully saturated rings. The van der Waals surface area contributed by atoms with Crippen molar-refractivity contribution in [3.05, 3.63) is 71.3 Å². The average molecular weight is 379 g/mol. The van der Waals surface area contributed by atoms with Crippen molar-refractivity contribution in [1.82, 2.24) is 9.80 Å². The molecule has 3 rings (SSSR count). The van der Waals surface area contributed by atoms with Crippen molar-refractivity contribution in [2.24, 2.45) is 0 Å². The first-order valence-corrected chi connectivity index (χ1v) is 10.0. The maximum absolute atomic E-state index is 12.6. The lowest BCUT2D eigenvalue weighted by Gasteiger charge is -2.34. The van der Waals surface area contributed by atoms with Crippen molar-refractivity contribution >= 4 is 12.0 Å². The minimum atomic E-state index is 0.257. The summed E-state index contributed by atoms with van der Waals surface area (Å²) in [5.41, 5.74) is 3.53. The van der Waals surface area contributed by atoms with Crippen molar-refractivity contribution in [3.63, 3.8) is 0 Å². The molecule has 0 atom stereocenters.